The van der Waals surface area contributed by atoms with Gasteiger partial charge in [0.05, 0.1) is 0 Å². The molecule has 0 aliphatic heterocycles. The van der Waals surface area contributed by atoms with Gasteiger partial charge in [0.25, 0.3) is 0 Å². The summed E-state index contributed by atoms with van der Waals surface area (Å²) in [5.41, 5.74) is 0. The quantitative estimate of drug-likeness (QED) is 0.345. The molecule has 0 N–H and O–H groups in total. The van der Waals surface area contributed by atoms with Gasteiger partial charge in [-0.3, -0.25) is 0 Å². The van der Waals surface area contributed by atoms with Gasteiger partial charge in [-0.1, -0.05) is 192 Å². The first-order valence-electron chi connectivity index (χ1n) is 9.66. The average molecular weight is 417 g/mol. The van der Waals surface area contributed by atoms with Gasteiger partial charge in [-0.25, -0.2) is 0 Å². The van der Waals surface area contributed by atoms with E-state index >= 15 is 0 Å². The lowest BCUT2D eigenvalue weighted by Crippen LogP contribution is -1.66. The molecule has 0 nitrogen and oxygen atoms in total. The molecular weight excluding hydrogens is 336 g/mol. The van der Waals surface area contributed by atoms with E-state index in [0.29, 0.717) is 0 Å². The highest BCUT2D eigenvalue weighted by molar-refractivity contribution is 4.31. The summed E-state index contributed by atoms with van der Waals surface area (Å²) in [6, 6.07) is 0. The van der Waals surface area contributed by atoms with Crippen molar-refractivity contribution in [2.75, 3.05) is 0 Å². The van der Waals surface area contributed by atoms with Crippen LogP contribution in [0.3, 0.4) is 0 Å². The van der Waals surface area contributed by atoms with Gasteiger partial charge in [0, 0.05) is 0 Å². The van der Waals surface area contributed by atoms with Crippen LogP contribution in [-0.4, -0.2) is 0 Å². The van der Waals surface area contributed by atoms with Crippen LogP contribution >= 0.6 is 0 Å². The molecule has 0 fully saturated rings. The van der Waals surface area contributed by atoms with Gasteiger partial charge in [0.15, 0.2) is 0 Å². The van der Waals surface area contributed by atoms with Crippen molar-refractivity contribution in [3.8, 4) is 0 Å². The van der Waals surface area contributed by atoms with Crippen molar-refractivity contribution in [3.63, 3.8) is 0 Å². The Morgan fingerprint density at radius 1 is 0.214 bits per heavy atom. The minimum Gasteiger partial charge on any atom is -0.0776 e. The van der Waals surface area contributed by atoms with Crippen LogP contribution in [0.4, 0.5) is 0 Å². The Kier molecular flexibility index (Phi) is 361. The van der Waals surface area contributed by atoms with Crippen LogP contribution in [0, 0.1) is 0 Å². The van der Waals surface area contributed by atoms with Crippen molar-refractivity contribution < 1.29 is 0 Å². The van der Waals surface area contributed by atoms with Crippen LogP contribution in [0.25, 0.3) is 0 Å². The van der Waals surface area contributed by atoms with E-state index in [-0.39, 0.29) is 59.4 Å². The molecule has 0 atom stereocenters. The summed E-state index contributed by atoms with van der Waals surface area (Å²) < 4.78 is 0. The van der Waals surface area contributed by atoms with E-state index in [1.807, 2.05) is 0 Å². The molecule has 0 saturated carbocycles. The summed E-state index contributed by atoms with van der Waals surface area (Å²) in [6.45, 7) is 17.7. The minimum absolute atomic E-state index is 0. The zero-order chi connectivity index (χ0) is 16.5. The third kappa shape index (κ3) is 254. The third-order valence-corrected chi connectivity index (χ3v) is 2.87. The highest BCUT2D eigenvalue weighted by Crippen LogP contribution is 1.95. The molecule has 0 amide bonds. The summed E-state index contributed by atoms with van der Waals surface area (Å²) in [6.07, 6.45) is 16.3. The van der Waals surface area contributed by atoms with Gasteiger partial charge in [0.1, 0.15) is 0 Å². The largest absolute Gasteiger partial charge is 0.0776 e. The second-order valence-corrected chi connectivity index (χ2v) is 5.41. The second kappa shape index (κ2) is 127. The SMILES string of the molecule is C.C.C.C.C.C.C.C.CCCC.CCCCC.CCCCC.CCCCCC. The van der Waals surface area contributed by atoms with Crippen molar-refractivity contribution in [3.05, 3.63) is 0 Å². The first-order valence-corrected chi connectivity index (χ1v) is 9.66. The first kappa shape index (κ1) is 79.7. The van der Waals surface area contributed by atoms with E-state index in [1.165, 1.54) is 77.0 Å². The topological polar surface area (TPSA) is 0 Å². The first-order chi connectivity index (χ1) is 9.66. The maximum atomic E-state index is 2.23. The molecule has 0 spiro atoms. The van der Waals surface area contributed by atoms with Gasteiger partial charge in [-0.2, -0.15) is 0 Å². The third-order valence-electron chi connectivity index (χ3n) is 2.87. The maximum absolute atomic E-state index is 2.23. The minimum atomic E-state index is 0. The Morgan fingerprint density at radius 2 is 0.357 bits per heavy atom. The molecular formula is C28H80. The van der Waals surface area contributed by atoms with E-state index in [9.17, 15) is 0 Å². The Balaban J connectivity index is -0.0000000112. The molecule has 0 rings (SSSR count). The van der Waals surface area contributed by atoms with Crippen molar-refractivity contribution in [2.45, 2.75) is 192 Å². The normalized spacial score (nSPS) is 6.00. The van der Waals surface area contributed by atoms with Gasteiger partial charge in [0.2, 0.25) is 0 Å². The molecule has 0 saturated heterocycles. The van der Waals surface area contributed by atoms with Gasteiger partial charge in [-0.05, 0) is 0 Å². The highest BCUT2D eigenvalue weighted by atomic mass is 13.8. The van der Waals surface area contributed by atoms with E-state index in [0.717, 1.165) is 0 Å². The monoisotopic (exact) mass is 417 g/mol. The molecule has 0 bridgehead atoms. The second-order valence-electron chi connectivity index (χ2n) is 5.41. The number of rotatable bonds is 8. The zero-order valence-corrected chi connectivity index (χ0v) is 16.5. The van der Waals surface area contributed by atoms with Gasteiger partial charge < -0.3 is 0 Å². The Morgan fingerprint density at radius 3 is 0.393 bits per heavy atom. The lowest BCUT2D eigenvalue weighted by Gasteiger charge is -1.86. The molecule has 0 aliphatic carbocycles. The maximum Gasteiger partial charge on any atom is -0.0536 e. The fourth-order valence-corrected chi connectivity index (χ4v) is 1.21. The molecule has 0 heteroatoms. The molecule has 0 aliphatic rings. The van der Waals surface area contributed by atoms with E-state index in [2.05, 4.69) is 55.4 Å². The number of hydrogen-bond donors (Lipinski definition) is 0. The van der Waals surface area contributed by atoms with Gasteiger partial charge in [-0.15, -0.1) is 0 Å². The predicted octanol–water partition coefficient (Wildman–Crippen LogP) is 13.9. The van der Waals surface area contributed by atoms with Crippen molar-refractivity contribution in [1.29, 1.82) is 0 Å². The van der Waals surface area contributed by atoms with E-state index in [4.69, 9.17) is 0 Å². The molecule has 0 aromatic rings. The van der Waals surface area contributed by atoms with E-state index in [1.54, 1.807) is 0 Å². The molecule has 28 heavy (non-hydrogen) atoms. The van der Waals surface area contributed by atoms with Crippen molar-refractivity contribution in [2.24, 2.45) is 0 Å². The van der Waals surface area contributed by atoms with Crippen LogP contribution in [-0.2, 0) is 0 Å². The Labute approximate surface area is 192 Å². The van der Waals surface area contributed by atoms with Crippen LogP contribution < -0.4 is 0 Å². The molecule has 0 radical (unpaired) electrons. The molecule has 0 aromatic carbocycles. The Hall–Kier alpha value is 0. The van der Waals surface area contributed by atoms with E-state index < -0.39 is 0 Å². The van der Waals surface area contributed by atoms with Crippen LogP contribution in [0.15, 0.2) is 0 Å². The predicted molar refractivity (Wildman–Crippen MR) is 155 cm³/mol. The fraction of sp³-hybridized carbons (Fsp3) is 1.00. The smallest absolute Gasteiger partial charge is 0.0536 e. The number of unbranched alkanes of at least 4 members (excludes halogenated alkanes) is 8. The lowest BCUT2D eigenvalue weighted by atomic mass is 10.2. The van der Waals surface area contributed by atoms with Crippen molar-refractivity contribution >= 4 is 0 Å². The number of hydrogen-bond acceptors (Lipinski definition) is 0. The summed E-state index contributed by atoms with van der Waals surface area (Å²) in [7, 11) is 0. The van der Waals surface area contributed by atoms with Crippen LogP contribution in [0.1, 0.15) is 192 Å². The fourth-order valence-electron chi connectivity index (χ4n) is 1.21. The molecule has 0 aromatic heterocycles. The standard InChI is InChI=1S/C6H14.2C5H12.C4H10.8CH4/c1-3-5-6-4-2;2*1-3-5-4-2;1-3-4-2;;;;;;;;/h3-6H2,1-2H3;2*3-5H2,1-2H3;3-4H2,1-2H3;8*1H4. The lowest BCUT2D eigenvalue weighted by molar-refractivity contribution is 0.702. The molecule has 0 unspecified atom stereocenters. The average Bonchev–Trinajstić information content (AvgIpc) is 2.48. The highest BCUT2D eigenvalue weighted by Gasteiger charge is 1.75. The summed E-state index contributed by atoms with van der Waals surface area (Å²) in [5, 5.41) is 0. The van der Waals surface area contributed by atoms with Crippen molar-refractivity contribution in [1.82, 2.24) is 0 Å². The molecule has 0 heterocycles. The summed E-state index contributed by atoms with van der Waals surface area (Å²) in [5.74, 6) is 0. The van der Waals surface area contributed by atoms with Crippen LogP contribution in [0.2, 0.25) is 0 Å². The summed E-state index contributed by atoms with van der Waals surface area (Å²) >= 11 is 0. The molecule has 192 valence electrons. The van der Waals surface area contributed by atoms with Crippen LogP contribution in [0.5, 0.6) is 0 Å². The Bertz CT molecular complexity index is 70.0. The van der Waals surface area contributed by atoms with Gasteiger partial charge >= 0.3 is 0 Å². The summed E-state index contributed by atoms with van der Waals surface area (Å²) in [4.78, 5) is 0. The zero-order valence-electron chi connectivity index (χ0n) is 16.5.